The van der Waals surface area contributed by atoms with Gasteiger partial charge in [-0.1, -0.05) is 100 Å². The minimum absolute atomic E-state index is 0.235. The first kappa shape index (κ1) is 32.2. The van der Waals surface area contributed by atoms with Crippen molar-refractivity contribution in [1.29, 1.82) is 0 Å². The van der Waals surface area contributed by atoms with Crippen molar-refractivity contribution in [3.05, 3.63) is 89.3 Å². The number of terminal acetylenes is 1. The van der Waals surface area contributed by atoms with Gasteiger partial charge in [-0.15, -0.1) is 12.3 Å². The molecule has 2 aliphatic rings. The van der Waals surface area contributed by atoms with Crippen molar-refractivity contribution in [3.8, 4) is 34.6 Å². The first-order valence-electron chi connectivity index (χ1n) is 17.0. The molecule has 3 heteroatoms. The van der Waals surface area contributed by atoms with Gasteiger partial charge >= 0.3 is 0 Å². The van der Waals surface area contributed by atoms with Crippen molar-refractivity contribution in [2.45, 2.75) is 103 Å². The molecule has 2 aliphatic carbocycles. The Morgan fingerprint density at radius 3 is 2.07 bits per heavy atom. The quantitative estimate of drug-likeness (QED) is 0.144. The molecular weight excluding hydrogens is 549 g/mol. The van der Waals surface area contributed by atoms with Crippen LogP contribution < -0.4 is 0 Å². The topological polar surface area (TPSA) is 0 Å². The Balaban J connectivity index is 1.19. The first-order valence-corrected chi connectivity index (χ1v) is 17.0. The maximum atomic E-state index is 15.4. The zero-order valence-corrected chi connectivity index (χ0v) is 26.3. The predicted molar refractivity (Wildman–Crippen MR) is 178 cm³/mol. The number of hydrogen-bond acceptors (Lipinski definition) is 0. The fraction of sp³-hybridized carbons (Fsp3) is 0.463. The van der Waals surface area contributed by atoms with Crippen LogP contribution in [0.2, 0.25) is 0 Å². The molecule has 1 fully saturated rings. The molecule has 232 valence electrons. The zero-order chi connectivity index (χ0) is 30.9. The van der Waals surface area contributed by atoms with Crippen LogP contribution in [0.25, 0.3) is 27.8 Å². The molecule has 0 nitrogen and oxygen atoms in total. The lowest BCUT2D eigenvalue weighted by Crippen LogP contribution is -2.23. The minimum Gasteiger partial charge on any atom is -0.206 e. The Hall–Kier alpha value is -3.25. The fourth-order valence-corrected chi connectivity index (χ4v) is 7.48. The Morgan fingerprint density at radius 1 is 0.727 bits per heavy atom. The van der Waals surface area contributed by atoms with E-state index in [2.05, 4.69) is 18.9 Å². The summed E-state index contributed by atoms with van der Waals surface area (Å²) in [4.78, 5) is 0. The number of aryl methyl sites for hydroxylation is 1. The van der Waals surface area contributed by atoms with Crippen molar-refractivity contribution in [2.75, 3.05) is 0 Å². The second-order valence-corrected chi connectivity index (χ2v) is 13.1. The highest BCUT2D eigenvalue weighted by Gasteiger charge is 2.28. The summed E-state index contributed by atoms with van der Waals surface area (Å²) in [5.74, 6) is 3.31. The van der Waals surface area contributed by atoms with Crippen LogP contribution in [0.1, 0.15) is 108 Å². The van der Waals surface area contributed by atoms with Crippen LogP contribution in [0.4, 0.5) is 13.2 Å². The van der Waals surface area contributed by atoms with Crippen LogP contribution >= 0.6 is 0 Å². The number of unbranched alkanes of at least 4 members (excludes halogenated alkanes) is 4. The molecule has 1 saturated carbocycles. The molecule has 0 saturated heterocycles. The average Bonchev–Trinajstić information content (AvgIpc) is 3.06. The highest BCUT2D eigenvalue weighted by molar-refractivity contribution is 5.74. The summed E-state index contributed by atoms with van der Waals surface area (Å²) in [7, 11) is 0. The largest absolute Gasteiger partial charge is 0.206 e. The van der Waals surface area contributed by atoms with E-state index >= 15 is 8.78 Å². The van der Waals surface area contributed by atoms with E-state index in [4.69, 9.17) is 6.42 Å². The van der Waals surface area contributed by atoms with Crippen LogP contribution in [-0.4, -0.2) is 0 Å². The van der Waals surface area contributed by atoms with Crippen LogP contribution in [0.15, 0.2) is 60.7 Å². The van der Waals surface area contributed by atoms with Crippen molar-refractivity contribution in [3.63, 3.8) is 0 Å². The third-order valence-electron chi connectivity index (χ3n) is 10.3. The monoisotopic (exact) mass is 596 g/mol. The van der Waals surface area contributed by atoms with E-state index in [1.165, 1.54) is 50.5 Å². The van der Waals surface area contributed by atoms with E-state index in [1.807, 2.05) is 12.1 Å². The van der Waals surface area contributed by atoms with Gasteiger partial charge < -0.3 is 0 Å². The minimum atomic E-state index is -0.810. The summed E-state index contributed by atoms with van der Waals surface area (Å²) in [6.45, 7) is 2.16. The number of rotatable bonds is 12. The summed E-state index contributed by atoms with van der Waals surface area (Å²) in [5, 5.41) is 0. The van der Waals surface area contributed by atoms with Gasteiger partial charge in [0.1, 0.15) is 5.82 Å². The smallest absolute Gasteiger partial charge is 0.166 e. The van der Waals surface area contributed by atoms with Gasteiger partial charge in [0.15, 0.2) is 11.6 Å². The second-order valence-electron chi connectivity index (χ2n) is 13.1. The third kappa shape index (κ3) is 7.87. The van der Waals surface area contributed by atoms with Gasteiger partial charge in [-0.2, -0.15) is 0 Å². The standard InChI is InChI=1S/C41H47F3/c1-3-5-7-8-9-11-35-24-27-38(41(44)40(35)43)34-22-20-33(21-23-34)37-26-25-36(28-39(37)42)32-18-16-31(17-19-32)30-14-12-29(13-15-30)10-6-4-2/h2,18,20-31H,3,5-17,19H2,1H3. The van der Waals surface area contributed by atoms with Crippen LogP contribution in [0.3, 0.4) is 0 Å². The zero-order valence-electron chi connectivity index (χ0n) is 26.3. The summed E-state index contributed by atoms with van der Waals surface area (Å²) in [5.41, 5.74) is 4.69. The van der Waals surface area contributed by atoms with Crippen LogP contribution in [0, 0.1) is 47.5 Å². The lowest BCUT2D eigenvalue weighted by molar-refractivity contribution is 0.190. The first-order chi connectivity index (χ1) is 21.5. The summed E-state index contributed by atoms with van der Waals surface area (Å²) >= 11 is 0. The lowest BCUT2D eigenvalue weighted by atomic mass is 9.70. The van der Waals surface area contributed by atoms with E-state index in [9.17, 15) is 4.39 Å². The predicted octanol–water partition coefficient (Wildman–Crippen LogP) is 12.4. The highest BCUT2D eigenvalue weighted by Crippen LogP contribution is 2.42. The third-order valence-corrected chi connectivity index (χ3v) is 10.3. The Bertz CT molecular complexity index is 1450. The Labute approximate surface area is 263 Å². The van der Waals surface area contributed by atoms with E-state index in [0.717, 1.165) is 73.8 Å². The molecule has 1 unspecified atom stereocenters. The maximum absolute atomic E-state index is 15.4. The number of hydrogen-bond donors (Lipinski definition) is 0. The van der Waals surface area contributed by atoms with Crippen LogP contribution in [-0.2, 0) is 6.42 Å². The molecule has 0 N–H and O–H groups in total. The molecule has 0 aromatic heterocycles. The van der Waals surface area contributed by atoms with Crippen molar-refractivity contribution in [1.82, 2.24) is 0 Å². The Kier molecular flexibility index (Phi) is 11.4. The van der Waals surface area contributed by atoms with Crippen LogP contribution in [0.5, 0.6) is 0 Å². The van der Waals surface area contributed by atoms with E-state index in [1.54, 1.807) is 42.5 Å². The van der Waals surface area contributed by atoms with Gasteiger partial charge in [0.05, 0.1) is 0 Å². The van der Waals surface area contributed by atoms with Crippen molar-refractivity contribution < 1.29 is 13.2 Å². The van der Waals surface area contributed by atoms with Gasteiger partial charge in [-0.05, 0) is 103 Å². The van der Waals surface area contributed by atoms with Gasteiger partial charge in [-0.3, -0.25) is 0 Å². The molecule has 3 aromatic rings. The van der Waals surface area contributed by atoms with Gasteiger partial charge in [-0.25, -0.2) is 13.2 Å². The van der Waals surface area contributed by atoms with E-state index in [-0.39, 0.29) is 11.4 Å². The summed E-state index contributed by atoms with van der Waals surface area (Å²) in [6.07, 6.45) is 24.3. The SMILES string of the molecule is C#CCCC1CCC(C2CC=C(c3ccc(-c4ccc(-c5ccc(CCCCCCC)c(F)c5F)cc4)c(F)c3)CC2)CC1. The number of benzene rings is 3. The second kappa shape index (κ2) is 15.7. The number of halogens is 3. The molecule has 1 atom stereocenters. The number of allylic oxidation sites excluding steroid dienone is 2. The molecule has 3 aromatic carbocycles. The van der Waals surface area contributed by atoms with Crippen molar-refractivity contribution in [2.24, 2.45) is 17.8 Å². The molecule has 0 aliphatic heterocycles. The Morgan fingerprint density at radius 2 is 1.41 bits per heavy atom. The molecule has 0 radical (unpaired) electrons. The molecule has 5 rings (SSSR count). The average molecular weight is 597 g/mol. The summed E-state index contributed by atoms with van der Waals surface area (Å²) in [6, 6.07) is 16.0. The normalized spacial score (nSPS) is 20.2. The highest BCUT2D eigenvalue weighted by atomic mass is 19.2. The van der Waals surface area contributed by atoms with Crippen molar-refractivity contribution >= 4 is 5.57 Å². The lowest BCUT2D eigenvalue weighted by Gasteiger charge is -2.35. The van der Waals surface area contributed by atoms with Gasteiger partial charge in [0, 0.05) is 17.5 Å². The molecule has 0 heterocycles. The molecule has 0 spiro atoms. The maximum Gasteiger partial charge on any atom is 0.166 e. The van der Waals surface area contributed by atoms with E-state index < -0.39 is 11.6 Å². The molecule has 0 amide bonds. The molecular formula is C41H47F3. The van der Waals surface area contributed by atoms with Gasteiger partial charge in [0.25, 0.3) is 0 Å². The van der Waals surface area contributed by atoms with Gasteiger partial charge in [0.2, 0.25) is 0 Å². The summed E-state index contributed by atoms with van der Waals surface area (Å²) < 4.78 is 45.3. The molecule has 44 heavy (non-hydrogen) atoms. The fourth-order valence-electron chi connectivity index (χ4n) is 7.48. The van der Waals surface area contributed by atoms with E-state index in [0.29, 0.717) is 23.1 Å². The molecule has 0 bridgehead atoms.